The molecule has 0 aromatic heterocycles. The number of rotatable bonds is 10. The van der Waals surface area contributed by atoms with E-state index in [2.05, 4.69) is 38.1 Å². The SMILES string of the molecule is CCCCCCC1CCC(C(=O)O)(c2ccc(C3CCC(CCC)CC3)cc2)CC1. The first-order valence-electron chi connectivity index (χ1n) is 12.9. The lowest BCUT2D eigenvalue weighted by Gasteiger charge is -2.37. The lowest BCUT2D eigenvalue weighted by molar-refractivity contribution is -0.145. The van der Waals surface area contributed by atoms with Crippen LogP contribution in [-0.2, 0) is 10.2 Å². The van der Waals surface area contributed by atoms with Crippen LogP contribution in [0.15, 0.2) is 24.3 Å². The Morgan fingerprint density at radius 2 is 1.47 bits per heavy atom. The average Bonchev–Trinajstić information content (AvgIpc) is 2.78. The molecule has 2 aliphatic carbocycles. The Kier molecular flexibility index (Phi) is 8.84. The van der Waals surface area contributed by atoms with Crippen molar-refractivity contribution in [3.8, 4) is 0 Å². The second-order valence-corrected chi connectivity index (χ2v) is 10.3. The van der Waals surface area contributed by atoms with E-state index >= 15 is 0 Å². The molecule has 0 bridgehead atoms. The molecule has 2 nitrogen and oxygen atoms in total. The molecule has 0 aliphatic heterocycles. The highest BCUT2D eigenvalue weighted by Crippen LogP contribution is 2.44. The van der Waals surface area contributed by atoms with Crippen LogP contribution in [0.1, 0.15) is 127 Å². The van der Waals surface area contributed by atoms with E-state index in [1.807, 2.05) is 0 Å². The van der Waals surface area contributed by atoms with Gasteiger partial charge in [-0.25, -0.2) is 0 Å². The maximum absolute atomic E-state index is 12.4. The summed E-state index contributed by atoms with van der Waals surface area (Å²) >= 11 is 0. The van der Waals surface area contributed by atoms with Gasteiger partial charge >= 0.3 is 5.97 Å². The van der Waals surface area contributed by atoms with Crippen molar-refractivity contribution in [2.75, 3.05) is 0 Å². The van der Waals surface area contributed by atoms with Gasteiger partial charge in [-0.15, -0.1) is 0 Å². The van der Waals surface area contributed by atoms with Crippen LogP contribution >= 0.6 is 0 Å². The molecule has 1 N–H and O–H groups in total. The van der Waals surface area contributed by atoms with Crippen molar-refractivity contribution >= 4 is 5.97 Å². The fraction of sp³-hybridized carbons (Fsp3) is 0.750. The fourth-order valence-electron chi connectivity index (χ4n) is 6.21. The Morgan fingerprint density at radius 1 is 0.833 bits per heavy atom. The van der Waals surface area contributed by atoms with Crippen LogP contribution in [-0.4, -0.2) is 11.1 Å². The number of carbonyl (C=O) groups is 1. The van der Waals surface area contributed by atoms with Gasteiger partial charge in [-0.2, -0.15) is 0 Å². The van der Waals surface area contributed by atoms with E-state index in [1.54, 1.807) is 0 Å². The van der Waals surface area contributed by atoms with Gasteiger partial charge in [0.15, 0.2) is 0 Å². The van der Waals surface area contributed by atoms with Crippen molar-refractivity contribution in [1.29, 1.82) is 0 Å². The summed E-state index contributed by atoms with van der Waals surface area (Å²) in [6.45, 7) is 4.55. The third-order valence-corrected chi connectivity index (χ3v) is 8.31. The number of benzene rings is 1. The minimum absolute atomic E-state index is 0.611. The third kappa shape index (κ3) is 5.68. The number of carboxylic acids is 1. The summed E-state index contributed by atoms with van der Waals surface area (Å²) in [5, 5.41) is 10.2. The van der Waals surface area contributed by atoms with Crippen LogP contribution in [0, 0.1) is 11.8 Å². The van der Waals surface area contributed by atoms with Crippen molar-refractivity contribution in [2.45, 2.75) is 121 Å². The number of hydrogen-bond acceptors (Lipinski definition) is 1. The molecule has 168 valence electrons. The van der Waals surface area contributed by atoms with Gasteiger partial charge in [0, 0.05) is 0 Å². The lowest BCUT2D eigenvalue weighted by atomic mass is 9.65. The summed E-state index contributed by atoms with van der Waals surface area (Å²) in [5.41, 5.74) is 1.82. The predicted molar refractivity (Wildman–Crippen MR) is 126 cm³/mol. The summed E-state index contributed by atoms with van der Waals surface area (Å²) in [7, 11) is 0. The molecular weight excluding hydrogens is 368 g/mol. The Bertz CT molecular complexity index is 631. The van der Waals surface area contributed by atoms with Crippen molar-refractivity contribution in [3.63, 3.8) is 0 Å². The molecule has 0 spiro atoms. The number of carboxylic acid groups (broad SMARTS) is 1. The lowest BCUT2D eigenvalue weighted by Crippen LogP contribution is -2.39. The molecule has 30 heavy (non-hydrogen) atoms. The summed E-state index contributed by atoms with van der Waals surface area (Å²) in [4.78, 5) is 12.4. The quantitative estimate of drug-likeness (QED) is 0.393. The zero-order valence-corrected chi connectivity index (χ0v) is 19.5. The molecular formula is C28H44O2. The summed E-state index contributed by atoms with van der Waals surface area (Å²) in [6.07, 6.45) is 18.3. The first-order chi connectivity index (χ1) is 14.6. The molecule has 1 aromatic carbocycles. The molecule has 3 rings (SSSR count). The van der Waals surface area contributed by atoms with Gasteiger partial charge in [-0.05, 0) is 80.2 Å². The van der Waals surface area contributed by atoms with Crippen LogP contribution in [0.25, 0.3) is 0 Å². The number of hydrogen-bond donors (Lipinski definition) is 1. The van der Waals surface area contributed by atoms with Crippen molar-refractivity contribution in [3.05, 3.63) is 35.4 Å². The van der Waals surface area contributed by atoms with Gasteiger partial charge in [-0.3, -0.25) is 4.79 Å². The van der Waals surface area contributed by atoms with Gasteiger partial charge < -0.3 is 5.11 Å². The topological polar surface area (TPSA) is 37.3 Å². The molecule has 0 radical (unpaired) electrons. The van der Waals surface area contributed by atoms with Gasteiger partial charge in [0.25, 0.3) is 0 Å². The van der Waals surface area contributed by atoms with E-state index in [4.69, 9.17) is 0 Å². The fourth-order valence-corrected chi connectivity index (χ4v) is 6.21. The second kappa shape index (κ2) is 11.3. The highest BCUT2D eigenvalue weighted by molar-refractivity contribution is 5.81. The van der Waals surface area contributed by atoms with Crippen LogP contribution in [0.3, 0.4) is 0 Å². The third-order valence-electron chi connectivity index (χ3n) is 8.31. The van der Waals surface area contributed by atoms with Crippen LogP contribution in [0.2, 0.25) is 0 Å². The molecule has 2 saturated carbocycles. The zero-order chi connectivity index (χ0) is 21.4. The molecule has 0 heterocycles. The van der Waals surface area contributed by atoms with E-state index in [0.29, 0.717) is 5.92 Å². The molecule has 0 saturated heterocycles. The standard InChI is InChI=1S/C28H44O2/c1-3-5-6-7-9-23-18-20-28(21-19-23,27(29)30)26-16-14-25(15-17-26)24-12-10-22(8-4-2)11-13-24/h14-17,22-24H,3-13,18-21H2,1-2H3,(H,29,30). The smallest absolute Gasteiger partial charge is 0.314 e. The minimum atomic E-state index is -0.656. The van der Waals surface area contributed by atoms with E-state index in [1.165, 1.54) is 76.2 Å². The van der Waals surface area contributed by atoms with Gasteiger partial charge in [0.2, 0.25) is 0 Å². The van der Waals surface area contributed by atoms with E-state index in [-0.39, 0.29) is 0 Å². The van der Waals surface area contributed by atoms with Crippen LogP contribution < -0.4 is 0 Å². The number of aliphatic carboxylic acids is 1. The molecule has 2 heteroatoms. The summed E-state index contributed by atoms with van der Waals surface area (Å²) in [5.74, 6) is 1.72. The Morgan fingerprint density at radius 3 is 2.03 bits per heavy atom. The van der Waals surface area contributed by atoms with E-state index in [9.17, 15) is 9.90 Å². The van der Waals surface area contributed by atoms with Gasteiger partial charge in [0.1, 0.15) is 0 Å². The molecule has 0 unspecified atom stereocenters. The molecule has 2 aliphatic rings. The highest BCUT2D eigenvalue weighted by atomic mass is 16.4. The van der Waals surface area contributed by atoms with Crippen LogP contribution in [0.4, 0.5) is 0 Å². The van der Waals surface area contributed by atoms with E-state index in [0.717, 1.165) is 43.1 Å². The largest absolute Gasteiger partial charge is 0.481 e. The number of unbranched alkanes of at least 4 members (excludes halogenated alkanes) is 3. The minimum Gasteiger partial charge on any atom is -0.481 e. The molecule has 0 amide bonds. The monoisotopic (exact) mass is 412 g/mol. The Balaban J connectivity index is 1.59. The predicted octanol–water partition coefficient (Wildman–Crippen LogP) is 8.24. The summed E-state index contributed by atoms with van der Waals surface area (Å²) in [6, 6.07) is 8.82. The molecule has 0 atom stereocenters. The molecule has 1 aromatic rings. The van der Waals surface area contributed by atoms with Crippen molar-refractivity contribution < 1.29 is 9.90 Å². The normalized spacial score (nSPS) is 29.6. The highest BCUT2D eigenvalue weighted by Gasteiger charge is 2.43. The van der Waals surface area contributed by atoms with E-state index < -0.39 is 11.4 Å². The molecule has 2 fully saturated rings. The Hall–Kier alpha value is -1.31. The maximum atomic E-state index is 12.4. The van der Waals surface area contributed by atoms with Crippen LogP contribution in [0.5, 0.6) is 0 Å². The first kappa shape index (κ1) is 23.4. The average molecular weight is 413 g/mol. The first-order valence-corrected chi connectivity index (χ1v) is 12.9. The summed E-state index contributed by atoms with van der Waals surface area (Å²) < 4.78 is 0. The van der Waals surface area contributed by atoms with Gasteiger partial charge in [-0.1, -0.05) is 83.1 Å². The second-order valence-electron chi connectivity index (χ2n) is 10.3. The van der Waals surface area contributed by atoms with Crippen molar-refractivity contribution in [1.82, 2.24) is 0 Å². The van der Waals surface area contributed by atoms with Crippen molar-refractivity contribution in [2.24, 2.45) is 11.8 Å². The zero-order valence-electron chi connectivity index (χ0n) is 19.5. The maximum Gasteiger partial charge on any atom is 0.314 e. The Labute approximate surface area is 184 Å². The van der Waals surface area contributed by atoms with Gasteiger partial charge in [0.05, 0.1) is 5.41 Å².